The van der Waals surface area contributed by atoms with Crippen molar-refractivity contribution in [1.29, 1.82) is 0 Å². The minimum atomic E-state index is -0.246. The molecule has 4 nitrogen and oxygen atoms in total. The van der Waals surface area contributed by atoms with Crippen molar-refractivity contribution in [3.63, 3.8) is 0 Å². The fourth-order valence-corrected chi connectivity index (χ4v) is 2.12. The van der Waals surface area contributed by atoms with E-state index < -0.39 is 0 Å². The van der Waals surface area contributed by atoms with Crippen molar-refractivity contribution in [3.8, 4) is 0 Å². The van der Waals surface area contributed by atoms with Gasteiger partial charge in [-0.05, 0) is 58.7 Å². The highest BCUT2D eigenvalue weighted by atomic mass is 79.9. The highest BCUT2D eigenvalue weighted by Crippen LogP contribution is 2.23. The van der Waals surface area contributed by atoms with Crippen molar-refractivity contribution in [2.45, 2.75) is 6.92 Å². The van der Waals surface area contributed by atoms with Gasteiger partial charge in [0, 0.05) is 15.7 Å². The standard InChI is InChI=1S/C15H12BrClN2O2/c1-9(19-21)10-2-5-12(6-3-10)18-15(20)11-4-7-13(16)14(17)8-11/h2-8,21H,1H3,(H,18,20)/b19-9-. The summed E-state index contributed by atoms with van der Waals surface area (Å²) in [4.78, 5) is 12.1. The minimum Gasteiger partial charge on any atom is -0.411 e. The number of nitrogens with zero attached hydrogens (tertiary/aromatic N) is 1. The molecule has 0 radical (unpaired) electrons. The van der Waals surface area contributed by atoms with Crippen LogP contribution < -0.4 is 5.32 Å². The Labute approximate surface area is 135 Å². The number of amides is 1. The van der Waals surface area contributed by atoms with E-state index >= 15 is 0 Å². The molecule has 0 aliphatic heterocycles. The van der Waals surface area contributed by atoms with E-state index in [4.69, 9.17) is 16.8 Å². The molecule has 1 amide bonds. The van der Waals surface area contributed by atoms with Gasteiger partial charge in [-0.2, -0.15) is 0 Å². The number of benzene rings is 2. The number of oxime groups is 1. The Morgan fingerprint density at radius 3 is 2.38 bits per heavy atom. The Bertz CT molecular complexity index is 699. The Morgan fingerprint density at radius 1 is 1.19 bits per heavy atom. The normalized spacial score (nSPS) is 11.3. The molecule has 0 aliphatic carbocycles. The highest BCUT2D eigenvalue weighted by Gasteiger charge is 2.08. The zero-order valence-electron chi connectivity index (χ0n) is 11.1. The maximum Gasteiger partial charge on any atom is 0.255 e. The second-order valence-electron chi connectivity index (χ2n) is 4.35. The fraction of sp³-hybridized carbons (Fsp3) is 0.0667. The van der Waals surface area contributed by atoms with Crippen LogP contribution in [0.4, 0.5) is 5.69 Å². The molecular weight excluding hydrogens is 356 g/mol. The molecule has 0 fully saturated rings. The van der Waals surface area contributed by atoms with Crippen molar-refractivity contribution < 1.29 is 10.0 Å². The van der Waals surface area contributed by atoms with Crippen LogP contribution in [0.15, 0.2) is 52.1 Å². The van der Waals surface area contributed by atoms with Crippen molar-refractivity contribution in [2.24, 2.45) is 5.16 Å². The van der Waals surface area contributed by atoms with Gasteiger partial charge in [0.15, 0.2) is 0 Å². The van der Waals surface area contributed by atoms with E-state index in [2.05, 4.69) is 26.4 Å². The number of carbonyl (C=O) groups is 1. The maximum absolute atomic E-state index is 12.1. The second-order valence-corrected chi connectivity index (χ2v) is 5.61. The third kappa shape index (κ3) is 3.83. The molecule has 6 heteroatoms. The zero-order valence-corrected chi connectivity index (χ0v) is 13.4. The van der Waals surface area contributed by atoms with Gasteiger partial charge in [0.2, 0.25) is 0 Å². The van der Waals surface area contributed by atoms with E-state index in [1.54, 1.807) is 49.4 Å². The summed E-state index contributed by atoms with van der Waals surface area (Å²) in [7, 11) is 0. The van der Waals surface area contributed by atoms with Gasteiger partial charge in [-0.15, -0.1) is 0 Å². The second kappa shape index (κ2) is 6.74. The van der Waals surface area contributed by atoms with E-state index in [1.165, 1.54) is 0 Å². The first-order chi connectivity index (χ1) is 10.0. The van der Waals surface area contributed by atoms with Crippen molar-refractivity contribution in [3.05, 3.63) is 63.1 Å². The summed E-state index contributed by atoms with van der Waals surface area (Å²) in [6, 6.07) is 12.0. The van der Waals surface area contributed by atoms with Crippen LogP contribution in [0.1, 0.15) is 22.8 Å². The first kappa shape index (κ1) is 15.5. The summed E-state index contributed by atoms with van der Waals surface area (Å²) >= 11 is 9.25. The van der Waals surface area contributed by atoms with E-state index in [-0.39, 0.29) is 5.91 Å². The molecule has 2 N–H and O–H groups in total. The number of anilines is 1. The van der Waals surface area contributed by atoms with Gasteiger partial charge < -0.3 is 10.5 Å². The summed E-state index contributed by atoms with van der Waals surface area (Å²) in [6.45, 7) is 1.69. The van der Waals surface area contributed by atoms with Crippen LogP contribution in [0, 0.1) is 0 Å². The van der Waals surface area contributed by atoms with E-state index in [1.807, 2.05) is 0 Å². The molecule has 2 aromatic rings. The van der Waals surface area contributed by atoms with E-state index in [0.29, 0.717) is 22.0 Å². The van der Waals surface area contributed by atoms with Crippen molar-refractivity contribution >= 4 is 44.8 Å². The van der Waals surface area contributed by atoms with Crippen molar-refractivity contribution in [1.82, 2.24) is 0 Å². The SMILES string of the molecule is C/C(=N/O)c1ccc(NC(=O)c2ccc(Br)c(Cl)c2)cc1. The van der Waals surface area contributed by atoms with Crippen LogP contribution in [-0.2, 0) is 0 Å². The number of rotatable bonds is 3. The van der Waals surface area contributed by atoms with E-state index in [0.717, 1.165) is 10.0 Å². The Hall–Kier alpha value is -1.85. The largest absolute Gasteiger partial charge is 0.411 e. The quantitative estimate of drug-likeness (QED) is 0.475. The first-order valence-electron chi connectivity index (χ1n) is 6.07. The minimum absolute atomic E-state index is 0.246. The average molecular weight is 368 g/mol. The predicted octanol–water partition coefficient (Wildman–Crippen LogP) is 4.55. The smallest absolute Gasteiger partial charge is 0.255 e. The monoisotopic (exact) mass is 366 g/mol. The number of carbonyl (C=O) groups excluding carboxylic acids is 1. The van der Waals surface area contributed by atoms with Gasteiger partial charge in [0.1, 0.15) is 0 Å². The lowest BCUT2D eigenvalue weighted by molar-refractivity contribution is 0.102. The van der Waals surface area contributed by atoms with Gasteiger partial charge in [0.25, 0.3) is 5.91 Å². The Balaban J connectivity index is 2.14. The molecule has 0 aromatic heterocycles. The molecule has 0 bridgehead atoms. The maximum atomic E-state index is 12.1. The van der Waals surface area contributed by atoms with Crippen LogP contribution in [-0.4, -0.2) is 16.8 Å². The van der Waals surface area contributed by atoms with Crippen LogP contribution >= 0.6 is 27.5 Å². The van der Waals surface area contributed by atoms with Crippen LogP contribution in [0.25, 0.3) is 0 Å². The molecule has 108 valence electrons. The fourth-order valence-electron chi connectivity index (χ4n) is 1.69. The topological polar surface area (TPSA) is 61.7 Å². The van der Waals surface area contributed by atoms with Gasteiger partial charge >= 0.3 is 0 Å². The van der Waals surface area contributed by atoms with Crippen LogP contribution in [0.2, 0.25) is 5.02 Å². The van der Waals surface area contributed by atoms with E-state index in [9.17, 15) is 4.79 Å². The van der Waals surface area contributed by atoms with Gasteiger partial charge in [-0.25, -0.2) is 0 Å². The lowest BCUT2D eigenvalue weighted by atomic mass is 10.1. The van der Waals surface area contributed by atoms with Crippen LogP contribution in [0.3, 0.4) is 0 Å². The summed E-state index contributed by atoms with van der Waals surface area (Å²) in [5.41, 5.74) is 2.41. The molecule has 0 unspecified atom stereocenters. The third-order valence-corrected chi connectivity index (χ3v) is 4.12. The number of hydrogen-bond acceptors (Lipinski definition) is 3. The summed E-state index contributed by atoms with van der Waals surface area (Å²) in [6.07, 6.45) is 0. The summed E-state index contributed by atoms with van der Waals surface area (Å²) < 4.78 is 0.740. The van der Waals surface area contributed by atoms with Crippen molar-refractivity contribution in [2.75, 3.05) is 5.32 Å². The highest BCUT2D eigenvalue weighted by molar-refractivity contribution is 9.10. The zero-order chi connectivity index (χ0) is 15.4. The molecule has 0 aliphatic rings. The summed E-state index contributed by atoms with van der Waals surface area (Å²) in [5.74, 6) is -0.246. The molecular formula is C15H12BrClN2O2. The first-order valence-corrected chi connectivity index (χ1v) is 7.24. The number of nitrogens with one attached hydrogen (secondary N) is 1. The number of hydrogen-bond donors (Lipinski definition) is 2. The third-order valence-electron chi connectivity index (χ3n) is 2.89. The Kier molecular flexibility index (Phi) is 4.98. The van der Waals surface area contributed by atoms with Gasteiger partial charge in [-0.3, -0.25) is 4.79 Å². The molecule has 0 heterocycles. The van der Waals surface area contributed by atoms with Gasteiger partial charge in [-0.1, -0.05) is 28.9 Å². The number of halogens is 2. The van der Waals surface area contributed by atoms with Crippen LogP contribution in [0.5, 0.6) is 0 Å². The van der Waals surface area contributed by atoms with Gasteiger partial charge in [0.05, 0.1) is 10.7 Å². The molecule has 2 rings (SSSR count). The molecule has 0 spiro atoms. The Morgan fingerprint density at radius 2 is 1.81 bits per heavy atom. The molecule has 0 saturated heterocycles. The predicted molar refractivity (Wildman–Crippen MR) is 87.5 cm³/mol. The molecule has 21 heavy (non-hydrogen) atoms. The molecule has 2 aromatic carbocycles. The lowest BCUT2D eigenvalue weighted by Gasteiger charge is -2.07. The lowest BCUT2D eigenvalue weighted by Crippen LogP contribution is -2.11. The summed E-state index contributed by atoms with van der Waals surface area (Å²) in [5, 5.41) is 15.1. The average Bonchev–Trinajstić information content (AvgIpc) is 2.50. The molecule has 0 saturated carbocycles. The molecule has 0 atom stereocenters.